The molecule has 0 bridgehead atoms. The van der Waals surface area contributed by atoms with Crippen LogP contribution in [0.4, 0.5) is 0 Å². The van der Waals surface area contributed by atoms with E-state index in [1.165, 1.54) is 0 Å². The lowest BCUT2D eigenvalue weighted by Crippen LogP contribution is -2.05. The number of fused-ring (bicyclic) bond motifs is 1. The minimum Gasteiger partial charge on any atom is -0.493 e. The molecule has 2 N–H and O–H groups in total. The Labute approximate surface area is 82.6 Å². The Morgan fingerprint density at radius 2 is 2.14 bits per heavy atom. The molecule has 4 nitrogen and oxygen atoms in total. The average molecular weight is 195 g/mol. The van der Waals surface area contributed by atoms with Crippen LogP contribution in [-0.4, -0.2) is 19.9 Å². The van der Waals surface area contributed by atoms with Crippen LogP contribution in [0.1, 0.15) is 6.42 Å². The summed E-state index contributed by atoms with van der Waals surface area (Å²) in [4.78, 5) is 0. The second-order valence-electron chi connectivity index (χ2n) is 3.01. The summed E-state index contributed by atoms with van der Waals surface area (Å²) in [6.45, 7) is 1.57. The van der Waals surface area contributed by atoms with Gasteiger partial charge in [0, 0.05) is 6.07 Å². The maximum Gasteiger partial charge on any atom is 0.231 e. The van der Waals surface area contributed by atoms with Crippen LogP contribution in [-0.2, 0) is 0 Å². The summed E-state index contributed by atoms with van der Waals surface area (Å²) in [5.41, 5.74) is 5.36. The molecular formula is C10H13NO3. The molecule has 0 saturated carbocycles. The van der Waals surface area contributed by atoms with Gasteiger partial charge in [-0.05, 0) is 25.1 Å². The van der Waals surface area contributed by atoms with Crippen LogP contribution in [0.2, 0.25) is 0 Å². The van der Waals surface area contributed by atoms with E-state index in [0.717, 1.165) is 23.7 Å². The SMILES string of the molecule is NCCCOc1ccc2c(c1)OCO2. The molecule has 0 fully saturated rings. The van der Waals surface area contributed by atoms with Gasteiger partial charge in [0.05, 0.1) is 6.61 Å². The number of nitrogens with two attached hydrogens (primary N) is 1. The fourth-order valence-corrected chi connectivity index (χ4v) is 1.24. The highest BCUT2D eigenvalue weighted by Gasteiger charge is 2.13. The van der Waals surface area contributed by atoms with Gasteiger partial charge >= 0.3 is 0 Å². The third-order valence-corrected chi connectivity index (χ3v) is 1.96. The van der Waals surface area contributed by atoms with Gasteiger partial charge in [-0.15, -0.1) is 0 Å². The number of rotatable bonds is 4. The summed E-state index contributed by atoms with van der Waals surface area (Å²) in [5, 5.41) is 0. The average Bonchev–Trinajstić information content (AvgIpc) is 2.65. The highest BCUT2D eigenvalue weighted by atomic mass is 16.7. The molecule has 0 aliphatic carbocycles. The first kappa shape index (κ1) is 9.15. The van der Waals surface area contributed by atoms with E-state index in [-0.39, 0.29) is 0 Å². The van der Waals surface area contributed by atoms with Gasteiger partial charge in [0.2, 0.25) is 6.79 Å². The zero-order valence-electron chi connectivity index (χ0n) is 7.86. The molecular weight excluding hydrogens is 182 g/mol. The minimum atomic E-state index is 0.293. The Morgan fingerprint density at radius 3 is 3.00 bits per heavy atom. The van der Waals surface area contributed by atoms with Gasteiger partial charge in [0.15, 0.2) is 11.5 Å². The third-order valence-electron chi connectivity index (χ3n) is 1.96. The second kappa shape index (κ2) is 4.19. The van der Waals surface area contributed by atoms with Crippen molar-refractivity contribution in [2.75, 3.05) is 19.9 Å². The highest BCUT2D eigenvalue weighted by molar-refractivity contribution is 5.46. The Kier molecular flexibility index (Phi) is 2.74. The van der Waals surface area contributed by atoms with E-state index >= 15 is 0 Å². The first-order valence-electron chi connectivity index (χ1n) is 4.62. The molecule has 14 heavy (non-hydrogen) atoms. The molecule has 0 spiro atoms. The van der Waals surface area contributed by atoms with E-state index < -0.39 is 0 Å². The van der Waals surface area contributed by atoms with Crippen molar-refractivity contribution in [2.45, 2.75) is 6.42 Å². The number of ether oxygens (including phenoxy) is 3. The number of hydrogen-bond acceptors (Lipinski definition) is 4. The second-order valence-corrected chi connectivity index (χ2v) is 3.01. The van der Waals surface area contributed by atoms with Crippen LogP contribution in [0, 0.1) is 0 Å². The lowest BCUT2D eigenvalue weighted by atomic mass is 10.3. The highest BCUT2D eigenvalue weighted by Crippen LogP contribution is 2.34. The first-order valence-corrected chi connectivity index (χ1v) is 4.62. The fourth-order valence-electron chi connectivity index (χ4n) is 1.24. The standard InChI is InChI=1S/C10H13NO3/c11-4-1-5-12-8-2-3-9-10(6-8)14-7-13-9/h2-3,6H,1,4-5,7,11H2. The Hall–Kier alpha value is -1.42. The molecule has 76 valence electrons. The predicted molar refractivity (Wildman–Crippen MR) is 51.7 cm³/mol. The van der Waals surface area contributed by atoms with Gasteiger partial charge in [0.1, 0.15) is 5.75 Å². The largest absolute Gasteiger partial charge is 0.493 e. The number of benzene rings is 1. The van der Waals surface area contributed by atoms with Gasteiger partial charge < -0.3 is 19.9 Å². The van der Waals surface area contributed by atoms with Crippen molar-refractivity contribution in [1.82, 2.24) is 0 Å². The Bertz CT molecular complexity index is 314. The molecule has 2 rings (SSSR count). The molecule has 0 unspecified atom stereocenters. The number of hydrogen-bond donors (Lipinski definition) is 1. The maximum absolute atomic E-state index is 5.46. The summed E-state index contributed by atoms with van der Waals surface area (Å²) in [6.07, 6.45) is 0.856. The van der Waals surface area contributed by atoms with Crippen molar-refractivity contribution in [1.29, 1.82) is 0 Å². The van der Waals surface area contributed by atoms with Gasteiger partial charge in [-0.2, -0.15) is 0 Å². The lowest BCUT2D eigenvalue weighted by Gasteiger charge is -2.05. The molecule has 0 saturated heterocycles. The van der Waals surface area contributed by atoms with Crippen molar-refractivity contribution in [3.8, 4) is 17.2 Å². The quantitative estimate of drug-likeness (QED) is 0.732. The maximum atomic E-state index is 5.46. The van der Waals surface area contributed by atoms with Gasteiger partial charge in [-0.1, -0.05) is 0 Å². The summed E-state index contributed by atoms with van der Waals surface area (Å²) in [6, 6.07) is 5.54. The summed E-state index contributed by atoms with van der Waals surface area (Å²) >= 11 is 0. The van der Waals surface area contributed by atoms with Crippen molar-refractivity contribution >= 4 is 0 Å². The van der Waals surface area contributed by atoms with E-state index in [4.69, 9.17) is 19.9 Å². The predicted octanol–water partition coefficient (Wildman–Crippen LogP) is 1.14. The Morgan fingerprint density at radius 1 is 1.29 bits per heavy atom. The van der Waals surface area contributed by atoms with E-state index in [0.29, 0.717) is 19.9 Å². The van der Waals surface area contributed by atoms with Crippen LogP contribution < -0.4 is 19.9 Å². The van der Waals surface area contributed by atoms with Crippen molar-refractivity contribution in [2.24, 2.45) is 5.73 Å². The first-order chi connectivity index (χ1) is 6.90. The van der Waals surface area contributed by atoms with Crippen LogP contribution in [0.25, 0.3) is 0 Å². The van der Waals surface area contributed by atoms with Crippen molar-refractivity contribution in [3.63, 3.8) is 0 Å². The summed E-state index contributed by atoms with van der Waals surface area (Å²) in [7, 11) is 0. The van der Waals surface area contributed by atoms with Crippen molar-refractivity contribution in [3.05, 3.63) is 18.2 Å². The molecule has 0 atom stereocenters. The third kappa shape index (κ3) is 1.90. The van der Waals surface area contributed by atoms with E-state index in [1.807, 2.05) is 18.2 Å². The molecule has 1 aliphatic heterocycles. The van der Waals surface area contributed by atoms with Crippen LogP contribution in [0.3, 0.4) is 0 Å². The van der Waals surface area contributed by atoms with Crippen LogP contribution in [0.5, 0.6) is 17.2 Å². The van der Waals surface area contributed by atoms with E-state index in [9.17, 15) is 0 Å². The Balaban J connectivity index is 1.98. The minimum absolute atomic E-state index is 0.293. The summed E-state index contributed by atoms with van der Waals surface area (Å²) < 4.78 is 15.9. The van der Waals surface area contributed by atoms with E-state index in [1.54, 1.807) is 0 Å². The van der Waals surface area contributed by atoms with Gasteiger partial charge in [-0.3, -0.25) is 0 Å². The normalized spacial score (nSPS) is 12.9. The molecule has 0 amide bonds. The topological polar surface area (TPSA) is 53.7 Å². The molecule has 1 heterocycles. The molecule has 4 heteroatoms. The molecule has 1 aromatic carbocycles. The smallest absolute Gasteiger partial charge is 0.231 e. The van der Waals surface area contributed by atoms with Gasteiger partial charge in [0.25, 0.3) is 0 Å². The van der Waals surface area contributed by atoms with Crippen molar-refractivity contribution < 1.29 is 14.2 Å². The zero-order valence-corrected chi connectivity index (χ0v) is 7.86. The van der Waals surface area contributed by atoms with Crippen LogP contribution >= 0.6 is 0 Å². The lowest BCUT2D eigenvalue weighted by molar-refractivity contribution is 0.173. The molecule has 1 aromatic rings. The van der Waals surface area contributed by atoms with Crippen LogP contribution in [0.15, 0.2) is 18.2 Å². The molecule has 1 aliphatic rings. The van der Waals surface area contributed by atoms with Gasteiger partial charge in [-0.25, -0.2) is 0 Å². The monoisotopic (exact) mass is 195 g/mol. The molecule has 0 aromatic heterocycles. The zero-order chi connectivity index (χ0) is 9.80. The molecule has 0 radical (unpaired) electrons. The fraction of sp³-hybridized carbons (Fsp3) is 0.400. The van der Waals surface area contributed by atoms with E-state index in [2.05, 4.69) is 0 Å². The summed E-state index contributed by atoms with van der Waals surface area (Å²) in [5.74, 6) is 2.31.